The number of hydrogen-bond acceptors (Lipinski definition) is 7. The van der Waals surface area contributed by atoms with Crippen molar-refractivity contribution >= 4 is 28.8 Å². The molecule has 0 unspecified atom stereocenters. The number of ketones is 1. The molecule has 2 aliphatic rings. The van der Waals surface area contributed by atoms with E-state index in [0.717, 1.165) is 4.85 Å². The van der Waals surface area contributed by atoms with Crippen molar-refractivity contribution in [2.75, 3.05) is 0 Å². The molecule has 3 aromatic heterocycles. The summed E-state index contributed by atoms with van der Waals surface area (Å²) in [5.41, 5.74) is -1.30. The first-order chi connectivity index (χ1) is 16.5. The number of Topliss-reactive ketones (excluding diaryl/α,β-unsaturated/α-hetero) is 1. The zero-order valence-electron chi connectivity index (χ0n) is 18.2. The molecule has 5 rings (SSSR count). The molecule has 13 heteroatoms. The molecule has 180 valence electrons. The molecular weight excluding hydrogens is 469 g/mol. The molecule has 4 heterocycles. The lowest BCUT2D eigenvalue weighted by atomic mass is 9.74. The second-order valence-electron chi connectivity index (χ2n) is 8.61. The molecule has 1 aliphatic carbocycles. The van der Waals surface area contributed by atoms with Crippen LogP contribution in [0, 0.1) is 19.3 Å². The maximum atomic E-state index is 14.3. The lowest BCUT2D eigenvalue weighted by Gasteiger charge is -2.43. The molecule has 1 amide bonds. The summed E-state index contributed by atoms with van der Waals surface area (Å²) in [5.74, 6) is -4.24. The SMILES string of the molecule is C#CC1(NC(=O)C(=O)c2c(C)c(C(=O)On3nnc4cccnc43)n3c2C[C@@H](F)C3)CC(F)(F)C1. The normalized spacial score (nSPS) is 19.5. The molecule has 0 aromatic carbocycles. The summed E-state index contributed by atoms with van der Waals surface area (Å²) in [6.07, 6.45) is 3.53. The maximum absolute atomic E-state index is 14.3. The Morgan fingerprint density at radius 2 is 2.06 bits per heavy atom. The Balaban J connectivity index is 1.46. The van der Waals surface area contributed by atoms with Crippen molar-refractivity contribution in [3.05, 3.63) is 40.8 Å². The van der Waals surface area contributed by atoms with Crippen LogP contribution in [-0.2, 0) is 17.8 Å². The average Bonchev–Trinajstić information content (AvgIpc) is 3.42. The topological polar surface area (TPSA) is 121 Å². The highest BCUT2D eigenvalue weighted by atomic mass is 19.3. The summed E-state index contributed by atoms with van der Waals surface area (Å²) in [6.45, 7) is 1.16. The molecule has 0 bridgehead atoms. The van der Waals surface area contributed by atoms with Gasteiger partial charge >= 0.3 is 5.97 Å². The highest BCUT2D eigenvalue weighted by molar-refractivity contribution is 6.44. The summed E-state index contributed by atoms with van der Waals surface area (Å²) in [4.78, 5) is 48.9. The minimum Gasteiger partial charge on any atom is -0.335 e. The first-order valence-electron chi connectivity index (χ1n) is 10.5. The Labute approximate surface area is 195 Å². The van der Waals surface area contributed by atoms with Crippen molar-refractivity contribution in [2.45, 2.75) is 50.4 Å². The number of aromatic nitrogens is 5. The number of pyridine rings is 1. The van der Waals surface area contributed by atoms with Crippen LogP contribution in [0.25, 0.3) is 11.2 Å². The first-order valence-corrected chi connectivity index (χ1v) is 10.5. The van der Waals surface area contributed by atoms with Gasteiger partial charge in [0.1, 0.15) is 22.9 Å². The van der Waals surface area contributed by atoms with E-state index in [4.69, 9.17) is 11.3 Å². The fourth-order valence-electron chi connectivity index (χ4n) is 4.63. The van der Waals surface area contributed by atoms with Gasteiger partial charge in [0.2, 0.25) is 5.65 Å². The van der Waals surface area contributed by atoms with E-state index in [1.807, 2.05) is 0 Å². The van der Waals surface area contributed by atoms with Crippen molar-refractivity contribution < 1.29 is 32.4 Å². The van der Waals surface area contributed by atoms with Gasteiger partial charge in [-0.05, 0) is 34.7 Å². The molecule has 3 aromatic rings. The van der Waals surface area contributed by atoms with Crippen LogP contribution in [0.1, 0.15) is 44.9 Å². The summed E-state index contributed by atoms with van der Waals surface area (Å²) >= 11 is 0. The fraction of sp³-hybridized carbons (Fsp3) is 0.364. The van der Waals surface area contributed by atoms with Crippen molar-refractivity contribution in [3.63, 3.8) is 0 Å². The van der Waals surface area contributed by atoms with Crippen LogP contribution in [0.2, 0.25) is 0 Å². The zero-order chi connectivity index (χ0) is 25.1. The van der Waals surface area contributed by atoms with Gasteiger partial charge in [-0.3, -0.25) is 9.59 Å². The van der Waals surface area contributed by atoms with E-state index in [9.17, 15) is 27.6 Å². The van der Waals surface area contributed by atoms with Crippen molar-refractivity contribution in [3.8, 4) is 12.3 Å². The maximum Gasteiger partial charge on any atom is 0.382 e. The monoisotopic (exact) mass is 486 g/mol. The van der Waals surface area contributed by atoms with Crippen LogP contribution in [0.15, 0.2) is 18.3 Å². The summed E-state index contributed by atoms with van der Waals surface area (Å²) in [6, 6.07) is 3.22. The molecule has 1 aliphatic heterocycles. The van der Waals surface area contributed by atoms with Crippen LogP contribution in [0.3, 0.4) is 0 Å². The van der Waals surface area contributed by atoms with Gasteiger partial charge in [0.15, 0.2) is 0 Å². The highest BCUT2D eigenvalue weighted by Crippen LogP contribution is 2.45. The lowest BCUT2D eigenvalue weighted by Crippen LogP contribution is -2.62. The van der Waals surface area contributed by atoms with Crippen LogP contribution in [0.4, 0.5) is 13.2 Å². The van der Waals surface area contributed by atoms with E-state index in [-0.39, 0.29) is 41.1 Å². The van der Waals surface area contributed by atoms with Crippen molar-refractivity contribution in [1.29, 1.82) is 0 Å². The third kappa shape index (κ3) is 3.61. The molecule has 0 spiro atoms. The van der Waals surface area contributed by atoms with E-state index in [0.29, 0.717) is 5.52 Å². The number of fused-ring (bicyclic) bond motifs is 2. The molecule has 35 heavy (non-hydrogen) atoms. The molecule has 1 N–H and O–H groups in total. The molecule has 1 saturated carbocycles. The van der Waals surface area contributed by atoms with E-state index in [1.165, 1.54) is 17.7 Å². The molecule has 1 fully saturated rings. The van der Waals surface area contributed by atoms with Crippen molar-refractivity contribution in [2.24, 2.45) is 0 Å². The van der Waals surface area contributed by atoms with Crippen molar-refractivity contribution in [1.82, 2.24) is 30.0 Å². The number of nitrogens with zero attached hydrogens (tertiary/aromatic N) is 5. The Bertz CT molecular complexity index is 1450. The number of hydrogen-bond donors (Lipinski definition) is 1. The second kappa shape index (κ2) is 7.66. The number of alkyl halides is 3. The molecule has 10 nitrogen and oxygen atoms in total. The number of carbonyl (C=O) groups is 3. The predicted molar refractivity (Wildman–Crippen MR) is 112 cm³/mol. The van der Waals surface area contributed by atoms with Gasteiger partial charge in [-0.15, -0.1) is 11.5 Å². The minimum atomic E-state index is -3.05. The van der Waals surface area contributed by atoms with Crippen LogP contribution in [-0.4, -0.2) is 60.0 Å². The lowest BCUT2D eigenvalue weighted by molar-refractivity contribution is -0.133. The number of rotatable bonds is 5. The molecule has 0 saturated heterocycles. The fourth-order valence-corrected chi connectivity index (χ4v) is 4.63. The minimum absolute atomic E-state index is 0.0723. The predicted octanol–water partition coefficient (Wildman–Crippen LogP) is 1.20. The van der Waals surface area contributed by atoms with E-state index in [1.54, 1.807) is 12.1 Å². The van der Waals surface area contributed by atoms with Gasteiger partial charge in [0.25, 0.3) is 17.6 Å². The summed E-state index contributed by atoms with van der Waals surface area (Å²) in [7, 11) is 0. The Morgan fingerprint density at radius 3 is 2.74 bits per heavy atom. The summed E-state index contributed by atoms with van der Waals surface area (Å²) < 4.78 is 42.3. The highest BCUT2D eigenvalue weighted by Gasteiger charge is 2.57. The van der Waals surface area contributed by atoms with Gasteiger partial charge in [0, 0.05) is 31.2 Å². The molecule has 0 radical (unpaired) electrons. The van der Waals surface area contributed by atoms with Crippen LogP contribution < -0.4 is 10.2 Å². The quantitative estimate of drug-likeness (QED) is 0.249. The van der Waals surface area contributed by atoms with Gasteiger partial charge in [0.05, 0.1) is 12.1 Å². The zero-order valence-corrected chi connectivity index (χ0v) is 18.2. The van der Waals surface area contributed by atoms with Gasteiger partial charge < -0.3 is 14.7 Å². The van der Waals surface area contributed by atoms with Gasteiger partial charge in [-0.25, -0.2) is 22.9 Å². The van der Waals surface area contributed by atoms with Gasteiger partial charge in [-0.2, -0.15) is 0 Å². The number of amides is 1. The first kappa shape index (κ1) is 22.6. The Kier molecular flexibility index (Phi) is 4.94. The number of halogens is 3. The molecule has 1 atom stereocenters. The molecular formula is C22H17F3N6O4. The van der Waals surface area contributed by atoms with E-state index < -0.39 is 48.1 Å². The Hall–Kier alpha value is -4.21. The number of carbonyl (C=O) groups excluding carboxylic acids is 3. The largest absolute Gasteiger partial charge is 0.382 e. The third-order valence-corrected chi connectivity index (χ3v) is 6.14. The summed E-state index contributed by atoms with van der Waals surface area (Å²) in [5, 5.41) is 9.74. The average molecular weight is 486 g/mol. The van der Waals surface area contributed by atoms with Crippen LogP contribution in [0.5, 0.6) is 0 Å². The van der Waals surface area contributed by atoms with Gasteiger partial charge in [-0.1, -0.05) is 5.92 Å². The standard InChI is InChI=1S/C22H17F3N6O4/c1-3-21(9-22(24,25)10-21)27-19(33)17(32)15-11(2)16(30-8-12(23)7-14(15)30)20(34)35-31-18-13(28-29-31)5-4-6-26-18/h1,4-6,12H,7-10H2,2H3,(H,27,33)/t12-/m1/s1. The Morgan fingerprint density at radius 1 is 1.31 bits per heavy atom. The van der Waals surface area contributed by atoms with E-state index >= 15 is 0 Å². The second-order valence-corrected chi connectivity index (χ2v) is 8.61. The number of terminal acetylenes is 1. The smallest absolute Gasteiger partial charge is 0.335 e. The number of nitrogens with one attached hydrogen (secondary N) is 1. The van der Waals surface area contributed by atoms with E-state index in [2.05, 4.69) is 26.5 Å². The van der Waals surface area contributed by atoms with Crippen LogP contribution >= 0.6 is 0 Å². The third-order valence-electron chi connectivity index (χ3n) is 6.14.